The summed E-state index contributed by atoms with van der Waals surface area (Å²) >= 11 is 0. The van der Waals surface area contributed by atoms with E-state index in [1.165, 1.54) is 7.11 Å². The Morgan fingerprint density at radius 2 is 2.10 bits per heavy atom. The lowest BCUT2D eigenvalue weighted by Gasteiger charge is -2.23. The Hall–Kier alpha value is -1.88. The van der Waals surface area contributed by atoms with Crippen LogP contribution in [0.5, 0.6) is 0 Å². The first-order valence-corrected chi connectivity index (χ1v) is 7.24. The molecule has 21 heavy (non-hydrogen) atoms. The minimum Gasteiger partial charge on any atom is -0.467 e. The summed E-state index contributed by atoms with van der Waals surface area (Å²) in [6.45, 7) is 5.40. The highest BCUT2D eigenvalue weighted by atomic mass is 16.5. The third kappa shape index (κ3) is 3.42. The van der Waals surface area contributed by atoms with Crippen LogP contribution in [0.25, 0.3) is 0 Å². The molecule has 0 fully saturated rings. The molecule has 1 aliphatic heterocycles. The number of rotatable bonds is 4. The molecule has 1 amide bonds. The van der Waals surface area contributed by atoms with E-state index in [0.29, 0.717) is 5.56 Å². The molecule has 1 aromatic carbocycles. The third-order valence-electron chi connectivity index (χ3n) is 3.79. The van der Waals surface area contributed by atoms with Gasteiger partial charge in [-0.2, -0.15) is 0 Å². The van der Waals surface area contributed by atoms with Gasteiger partial charge in [-0.15, -0.1) is 0 Å². The number of nitrogens with one attached hydrogen (secondary N) is 2. The van der Waals surface area contributed by atoms with E-state index in [9.17, 15) is 9.59 Å². The first kappa shape index (κ1) is 15.5. The van der Waals surface area contributed by atoms with Gasteiger partial charge in [0.2, 0.25) is 0 Å². The fourth-order valence-electron chi connectivity index (χ4n) is 2.59. The summed E-state index contributed by atoms with van der Waals surface area (Å²) < 4.78 is 4.76. The molecular formula is C16H22N2O3. The minimum absolute atomic E-state index is 0.0254. The number of amides is 1. The van der Waals surface area contributed by atoms with Gasteiger partial charge < -0.3 is 15.4 Å². The van der Waals surface area contributed by atoms with E-state index < -0.39 is 12.0 Å². The summed E-state index contributed by atoms with van der Waals surface area (Å²) in [4.78, 5) is 24.3. The monoisotopic (exact) mass is 290 g/mol. The summed E-state index contributed by atoms with van der Waals surface area (Å²) in [6, 6.07) is 5.09. The van der Waals surface area contributed by atoms with Gasteiger partial charge in [0.05, 0.1) is 7.11 Å². The topological polar surface area (TPSA) is 67.4 Å². The molecule has 1 aliphatic rings. The van der Waals surface area contributed by atoms with Gasteiger partial charge in [0.15, 0.2) is 0 Å². The van der Waals surface area contributed by atoms with Crippen LogP contribution in [0.4, 0.5) is 0 Å². The lowest BCUT2D eigenvalue weighted by molar-refractivity contribution is -0.144. The number of fused-ring (bicyclic) bond motifs is 1. The van der Waals surface area contributed by atoms with Crippen molar-refractivity contribution in [1.82, 2.24) is 10.6 Å². The molecule has 0 saturated carbocycles. The van der Waals surface area contributed by atoms with Crippen LogP contribution in [-0.2, 0) is 22.5 Å². The van der Waals surface area contributed by atoms with Crippen LogP contribution in [0, 0.1) is 5.92 Å². The van der Waals surface area contributed by atoms with Crippen molar-refractivity contribution in [2.45, 2.75) is 32.9 Å². The number of ether oxygens (including phenoxy) is 1. The predicted octanol–water partition coefficient (Wildman–Crippen LogP) is 1.26. The van der Waals surface area contributed by atoms with Crippen molar-refractivity contribution in [2.75, 3.05) is 13.7 Å². The molecule has 1 aromatic rings. The Balaban J connectivity index is 2.22. The number of hydrogen-bond acceptors (Lipinski definition) is 4. The average molecular weight is 290 g/mol. The van der Waals surface area contributed by atoms with Crippen molar-refractivity contribution < 1.29 is 14.3 Å². The Kier molecular flexibility index (Phi) is 4.96. The quantitative estimate of drug-likeness (QED) is 0.819. The normalized spacial score (nSPS) is 15.2. The minimum atomic E-state index is -0.625. The maximum absolute atomic E-state index is 12.5. The maximum Gasteiger partial charge on any atom is 0.328 e. The zero-order valence-corrected chi connectivity index (χ0v) is 12.7. The number of methoxy groups -OCH3 is 1. The Morgan fingerprint density at radius 1 is 1.33 bits per heavy atom. The molecule has 114 valence electrons. The highest BCUT2D eigenvalue weighted by Gasteiger charge is 2.26. The SMILES string of the molecule is COC(=O)C(NC(=O)c1cccc2c1CCNC2)C(C)C. The van der Waals surface area contributed by atoms with Crippen LogP contribution < -0.4 is 10.6 Å². The summed E-state index contributed by atoms with van der Waals surface area (Å²) in [5, 5.41) is 6.09. The smallest absolute Gasteiger partial charge is 0.328 e. The van der Waals surface area contributed by atoms with Crippen LogP contribution in [0.2, 0.25) is 0 Å². The van der Waals surface area contributed by atoms with Gasteiger partial charge in [-0.1, -0.05) is 26.0 Å². The van der Waals surface area contributed by atoms with E-state index in [1.807, 2.05) is 32.0 Å². The standard InChI is InChI=1S/C16H22N2O3/c1-10(2)14(16(20)21-3)18-15(19)13-6-4-5-11-9-17-8-7-12(11)13/h4-6,10,14,17H,7-9H2,1-3H3,(H,18,19). The van der Waals surface area contributed by atoms with Crippen molar-refractivity contribution in [2.24, 2.45) is 5.92 Å². The Labute approximate surface area is 125 Å². The molecule has 5 nitrogen and oxygen atoms in total. The molecule has 1 atom stereocenters. The van der Waals surface area contributed by atoms with E-state index in [2.05, 4.69) is 10.6 Å². The summed E-state index contributed by atoms with van der Waals surface area (Å²) in [5.74, 6) is -0.648. The molecule has 2 N–H and O–H groups in total. The van der Waals surface area contributed by atoms with Crippen LogP contribution >= 0.6 is 0 Å². The van der Waals surface area contributed by atoms with Gasteiger partial charge in [0.25, 0.3) is 5.91 Å². The molecule has 1 unspecified atom stereocenters. The lowest BCUT2D eigenvalue weighted by atomic mass is 9.94. The van der Waals surface area contributed by atoms with Crippen molar-refractivity contribution in [3.8, 4) is 0 Å². The molecule has 0 bridgehead atoms. The second-order valence-electron chi connectivity index (χ2n) is 5.59. The van der Waals surface area contributed by atoms with E-state index >= 15 is 0 Å². The van der Waals surface area contributed by atoms with E-state index in [0.717, 1.165) is 30.6 Å². The largest absolute Gasteiger partial charge is 0.467 e. The van der Waals surface area contributed by atoms with Gasteiger partial charge in [-0.05, 0) is 36.1 Å². The number of benzene rings is 1. The fraction of sp³-hybridized carbons (Fsp3) is 0.500. The van der Waals surface area contributed by atoms with Crippen LogP contribution in [-0.4, -0.2) is 31.6 Å². The first-order chi connectivity index (χ1) is 10.0. The van der Waals surface area contributed by atoms with Crippen LogP contribution in [0.1, 0.15) is 35.3 Å². The molecule has 1 heterocycles. The van der Waals surface area contributed by atoms with Crippen molar-refractivity contribution in [3.05, 3.63) is 34.9 Å². The van der Waals surface area contributed by atoms with Gasteiger partial charge in [-0.3, -0.25) is 4.79 Å². The first-order valence-electron chi connectivity index (χ1n) is 7.24. The third-order valence-corrected chi connectivity index (χ3v) is 3.79. The van der Waals surface area contributed by atoms with Crippen LogP contribution in [0.3, 0.4) is 0 Å². The molecular weight excluding hydrogens is 268 g/mol. The molecule has 0 aromatic heterocycles. The highest BCUT2D eigenvalue weighted by molar-refractivity contribution is 5.98. The van der Waals surface area contributed by atoms with Crippen molar-refractivity contribution >= 4 is 11.9 Å². The van der Waals surface area contributed by atoms with Gasteiger partial charge in [0, 0.05) is 12.1 Å². The molecule has 5 heteroatoms. The Morgan fingerprint density at radius 3 is 2.76 bits per heavy atom. The van der Waals surface area contributed by atoms with Gasteiger partial charge >= 0.3 is 5.97 Å². The number of carbonyl (C=O) groups is 2. The fourth-order valence-corrected chi connectivity index (χ4v) is 2.59. The molecule has 0 spiro atoms. The number of esters is 1. The second-order valence-corrected chi connectivity index (χ2v) is 5.59. The van der Waals surface area contributed by atoms with Gasteiger partial charge in [0.1, 0.15) is 6.04 Å². The second kappa shape index (κ2) is 6.72. The number of carbonyl (C=O) groups excluding carboxylic acids is 2. The molecule has 2 rings (SSSR count). The zero-order valence-electron chi connectivity index (χ0n) is 12.7. The lowest BCUT2D eigenvalue weighted by Crippen LogP contribution is -2.45. The van der Waals surface area contributed by atoms with Crippen LogP contribution in [0.15, 0.2) is 18.2 Å². The van der Waals surface area contributed by atoms with E-state index in [4.69, 9.17) is 4.74 Å². The maximum atomic E-state index is 12.5. The Bertz CT molecular complexity index is 540. The van der Waals surface area contributed by atoms with Crippen molar-refractivity contribution in [1.29, 1.82) is 0 Å². The summed E-state index contributed by atoms with van der Waals surface area (Å²) in [7, 11) is 1.33. The summed E-state index contributed by atoms with van der Waals surface area (Å²) in [6.07, 6.45) is 0.823. The van der Waals surface area contributed by atoms with Gasteiger partial charge in [-0.25, -0.2) is 4.79 Å². The van der Waals surface area contributed by atoms with E-state index in [1.54, 1.807) is 0 Å². The average Bonchev–Trinajstić information content (AvgIpc) is 2.50. The highest BCUT2D eigenvalue weighted by Crippen LogP contribution is 2.19. The molecule has 0 radical (unpaired) electrons. The zero-order chi connectivity index (χ0) is 15.4. The van der Waals surface area contributed by atoms with E-state index in [-0.39, 0.29) is 11.8 Å². The summed E-state index contributed by atoms with van der Waals surface area (Å²) in [5.41, 5.74) is 2.87. The predicted molar refractivity (Wildman–Crippen MR) is 80.0 cm³/mol. The number of hydrogen-bond donors (Lipinski definition) is 2. The molecule has 0 saturated heterocycles. The molecule has 0 aliphatic carbocycles. The van der Waals surface area contributed by atoms with Crippen molar-refractivity contribution in [3.63, 3.8) is 0 Å².